The molecule has 2 rings (SSSR count). The second kappa shape index (κ2) is 8.61. The molecule has 26 heavy (non-hydrogen) atoms. The zero-order chi connectivity index (χ0) is 19.2. The molecule has 1 N–H and O–H groups in total. The van der Waals surface area contributed by atoms with Crippen molar-refractivity contribution in [2.45, 2.75) is 26.8 Å². The van der Waals surface area contributed by atoms with Gasteiger partial charge in [-0.1, -0.05) is 48.5 Å². The summed E-state index contributed by atoms with van der Waals surface area (Å²) in [5.41, 5.74) is 0.343. The third-order valence-corrected chi connectivity index (χ3v) is 4.35. The molecule has 2 amide bonds. The van der Waals surface area contributed by atoms with Crippen LogP contribution in [0.4, 0.5) is 4.39 Å². The molecule has 0 spiro atoms. The fourth-order valence-electron chi connectivity index (χ4n) is 2.74. The molecule has 2 aromatic rings. The highest BCUT2D eigenvalue weighted by molar-refractivity contribution is 6.04. The summed E-state index contributed by atoms with van der Waals surface area (Å²) in [6.07, 6.45) is 0.378. The SMILES string of the molecule is CN(Cc1ccccc1)C(=O)C(C)(C)C(=O)NCCc1ccccc1F. The lowest BCUT2D eigenvalue weighted by Crippen LogP contribution is -2.48. The lowest BCUT2D eigenvalue weighted by atomic mass is 9.90. The Labute approximate surface area is 154 Å². The Morgan fingerprint density at radius 3 is 2.31 bits per heavy atom. The van der Waals surface area contributed by atoms with Crippen LogP contribution in [0.3, 0.4) is 0 Å². The number of benzene rings is 2. The van der Waals surface area contributed by atoms with Gasteiger partial charge >= 0.3 is 0 Å². The summed E-state index contributed by atoms with van der Waals surface area (Å²) in [5, 5.41) is 2.75. The average molecular weight is 356 g/mol. The summed E-state index contributed by atoms with van der Waals surface area (Å²) >= 11 is 0. The monoisotopic (exact) mass is 356 g/mol. The average Bonchev–Trinajstić information content (AvgIpc) is 2.63. The molecule has 0 aromatic heterocycles. The minimum atomic E-state index is -1.20. The van der Waals surface area contributed by atoms with Gasteiger partial charge in [-0.2, -0.15) is 0 Å². The van der Waals surface area contributed by atoms with Gasteiger partial charge in [-0.25, -0.2) is 4.39 Å². The molecule has 0 saturated carbocycles. The third kappa shape index (κ3) is 4.91. The number of halogens is 1. The van der Waals surface area contributed by atoms with E-state index in [1.165, 1.54) is 6.07 Å². The first kappa shape index (κ1) is 19.6. The summed E-state index contributed by atoms with van der Waals surface area (Å²) in [4.78, 5) is 26.7. The van der Waals surface area contributed by atoms with Crippen LogP contribution in [0.15, 0.2) is 54.6 Å². The molecule has 0 radical (unpaired) electrons. The highest BCUT2D eigenvalue weighted by Gasteiger charge is 2.37. The molecule has 5 heteroatoms. The zero-order valence-electron chi connectivity index (χ0n) is 15.5. The fraction of sp³-hybridized carbons (Fsp3) is 0.333. The quantitative estimate of drug-likeness (QED) is 0.775. The molecule has 2 aromatic carbocycles. The van der Waals surface area contributed by atoms with E-state index >= 15 is 0 Å². The number of amides is 2. The number of nitrogens with one attached hydrogen (secondary N) is 1. The van der Waals surface area contributed by atoms with E-state index in [-0.39, 0.29) is 24.2 Å². The maximum atomic E-state index is 13.6. The summed E-state index contributed by atoms with van der Waals surface area (Å²) in [6, 6.07) is 16.1. The maximum Gasteiger partial charge on any atom is 0.237 e. The molecule has 0 atom stereocenters. The van der Waals surface area contributed by atoms with E-state index in [1.807, 2.05) is 30.3 Å². The van der Waals surface area contributed by atoms with Crippen LogP contribution < -0.4 is 5.32 Å². The predicted molar refractivity (Wildman–Crippen MR) is 99.8 cm³/mol. The van der Waals surface area contributed by atoms with Crippen LogP contribution in [0.5, 0.6) is 0 Å². The largest absolute Gasteiger partial charge is 0.355 e. The number of rotatable bonds is 7. The van der Waals surface area contributed by atoms with Crippen LogP contribution in [0.1, 0.15) is 25.0 Å². The normalized spacial score (nSPS) is 11.1. The number of carbonyl (C=O) groups excluding carboxylic acids is 2. The lowest BCUT2D eigenvalue weighted by molar-refractivity contribution is -0.148. The van der Waals surface area contributed by atoms with Gasteiger partial charge in [-0.3, -0.25) is 9.59 Å². The van der Waals surface area contributed by atoms with Gasteiger partial charge < -0.3 is 10.2 Å². The molecule has 138 valence electrons. The maximum absolute atomic E-state index is 13.6. The molecular formula is C21H25FN2O2. The molecule has 0 aliphatic rings. The van der Waals surface area contributed by atoms with Crippen molar-refractivity contribution in [2.24, 2.45) is 5.41 Å². The van der Waals surface area contributed by atoms with E-state index in [4.69, 9.17) is 0 Å². The molecule has 0 aliphatic carbocycles. The molecule has 0 heterocycles. The summed E-state index contributed by atoms with van der Waals surface area (Å²) in [5.74, 6) is -0.914. The standard InChI is InChI=1S/C21H25FN2O2/c1-21(2,20(26)24(3)15-16-9-5-4-6-10-16)19(25)23-14-13-17-11-7-8-12-18(17)22/h4-12H,13-15H2,1-3H3,(H,23,25). The minimum absolute atomic E-state index is 0.259. The Hall–Kier alpha value is -2.69. The van der Waals surface area contributed by atoms with Crippen LogP contribution >= 0.6 is 0 Å². The minimum Gasteiger partial charge on any atom is -0.355 e. The van der Waals surface area contributed by atoms with Crippen molar-refractivity contribution in [2.75, 3.05) is 13.6 Å². The third-order valence-electron chi connectivity index (χ3n) is 4.35. The first-order valence-corrected chi connectivity index (χ1v) is 8.63. The Kier molecular flexibility index (Phi) is 6.50. The molecule has 0 fully saturated rings. The zero-order valence-corrected chi connectivity index (χ0v) is 15.5. The molecule has 4 nitrogen and oxygen atoms in total. The van der Waals surface area contributed by atoms with Gasteiger partial charge in [-0.15, -0.1) is 0 Å². The van der Waals surface area contributed by atoms with Gasteiger partial charge in [-0.05, 0) is 37.5 Å². The van der Waals surface area contributed by atoms with Crippen molar-refractivity contribution in [3.05, 3.63) is 71.5 Å². The van der Waals surface area contributed by atoms with E-state index in [9.17, 15) is 14.0 Å². The van der Waals surface area contributed by atoms with E-state index in [2.05, 4.69) is 5.32 Å². The Bertz CT molecular complexity index is 760. The van der Waals surface area contributed by atoms with Crippen molar-refractivity contribution in [1.82, 2.24) is 10.2 Å². The molecule has 0 unspecified atom stereocenters. The second-order valence-electron chi connectivity index (χ2n) is 6.87. The van der Waals surface area contributed by atoms with E-state index in [0.29, 0.717) is 18.5 Å². The van der Waals surface area contributed by atoms with Crippen molar-refractivity contribution >= 4 is 11.8 Å². The smallest absolute Gasteiger partial charge is 0.237 e. The summed E-state index contributed by atoms with van der Waals surface area (Å²) in [7, 11) is 1.68. The summed E-state index contributed by atoms with van der Waals surface area (Å²) < 4.78 is 13.6. The fourth-order valence-corrected chi connectivity index (χ4v) is 2.74. The number of carbonyl (C=O) groups is 2. The van der Waals surface area contributed by atoms with E-state index < -0.39 is 5.41 Å². The molecule has 0 saturated heterocycles. The second-order valence-corrected chi connectivity index (χ2v) is 6.87. The van der Waals surface area contributed by atoms with Gasteiger partial charge in [0.1, 0.15) is 11.2 Å². The van der Waals surface area contributed by atoms with Gasteiger partial charge in [0.25, 0.3) is 0 Å². The van der Waals surface area contributed by atoms with Crippen molar-refractivity contribution in [3.63, 3.8) is 0 Å². The van der Waals surface area contributed by atoms with Gasteiger partial charge in [0.05, 0.1) is 0 Å². The number of hydrogen-bond donors (Lipinski definition) is 1. The Morgan fingerprint density at radius 2 is 1.65 bits per heavy atom. The highest BCUT2D eigenvalue weighted by Crippen LogP contribution is 2.20. The summed E-state index contributed by atoms with van der Waals surface area (Å²) in [6.45, 7) is 3.93. The van der Waals surface area contributed by atoms with Crippen LogP contribution in [0.2, 0.25) is 0 Å². The first-order valence-electron chi connectivity index (χ1n) is 8.63. The first-order chi connectivity index (χ1) is 12.3. The highest BCUT2D eigenvalue weighted by atomic mass is 19.1. The van der Waals surface area contributed by atoms with Crippen molar-refractivity contribution in [3.8, 4) is 0 Å². The van der Waals surface area contributed by atoms with Crippen LogP contribution in [0.25, 0.3) is 0 Å². The van der Waals surface area contributed by atoms with Crippen LogP contribution in [-0.4, -0.2) is 30.3 Å². The molecular weight excluding hydrogens is 331 g/mol. The van der Waals surface area contributed by atoms with Gasteiger partial charge in [0, 0.05) is 20.1 Å². The Balaban J connectivity index is 1.91. The van der Waals surface area contributed by atoms with Gasteiger partial charge in [0.15, 0.2) is 0 Å². The van der Waals surface area contributed by atoms with Crippen LogP contribution in [0, 0.1) is 11.2 Å². The van der Waals surface area contributed by atoms with Crippen LogP contribution in [-0.2, 0) is 22.6 Å². The molecule has 0 bridgehead atoms. The predicted octanol–water partition coefficient (Wildman–Crippen LogP) is 3.17. The van der Waals surface area contributed by atoms with E-state index in [1.54, 1.807) is 44.0 Å². The topological polar surface area (TPSA) is 49.4 Å². The van der Waals surface area contributed by atoms with Crippen molar-refractivity contribution < 1.29 is 14.0 Å². The number of hydrogen-bond acceptors (Lipinski definition) is 2. The Morgan fingerprint density at radius 1 is 1.04 bits per heavy atom. The lowest BCUT2D eigenvalue weighted by Gasteiger charge is -2.28. The molecule has 0 aliphatic heterocycles. The van der Waals surface area contributed by atoms with Crippen molar-refractivity contribution in [1.29, 1.82) is 0 Å². The number of nitrogens with zero attached hydrogens (tertiary/aromatic N) is 1. The van der Waals surface area contributed by atoms with E-state index in [0.717, 1.165) is 5.56 Å². The van der Waals surface area contributed by atoms with Gasteiger partial charge in [0.2, 0.25) is 11.8 Å².